The standard InChI is InChI=1S/C21H20ClN3O/c1-16-5-6-17(12-20(16)22)7-8-21(26)24-13-18-3-2-4-19(11-18)14-25-10-9-23-15-25/h2-12,15H,13-14H2,1H3,(H,24,26)/b8-7+. The molecular formula is C21H20ClN3O. The van der Waals surface area contributed by atoms with E-state index in [4.69, 9.17) is 11.6 Å². The van der Waals surface area contributed by atoms with E-state index in [1.807, 2.05) is 48.0 Å². The number of benzene rings is 2. The van der Waals surface area contributed by atoms with Gasteiger partial charge in [0, 0.05) is 36.6 Å². The molecule has 132 valence electrons. The molecule has 3 rings (SSSR count). The topological polar surface area (TPSA) is 46.9 Å². The summed E-state index contributed by atoms with van der Waals surface area (Å²) in [4.78, 5) is 16.1. The minimum absolute atomic E-state index is 0.137. The fourth-order valence-electron chi connectivity index (χ4n) is 2.56. The average molecular weight is 366 g/mol. The highest BCUT2D eigenvalue weighted by atomic mass is 35.5. The summed E-state index contributed by atoms with van der Waals surface area (Å²) in [6.45, 7) is 3.19. The maximum atomic E-state index is 12.0. The van der Waals surface area contributed by atoms with Gasteiger partial charge in [-0.1, -0.05) is 48.0 Å². The van der Waals surface area contributed by atoms with Crippen molar-refractivity contribution in [2.24, 2.45) is 0 Å². The molecule has 2 aromatic carbocycles. The van der Waals surface area contributed by atoms with Gasteiger partial charge < -0.3 is 9.88 Å². The minimum Gasteiger partial charge on any atom is -0.348 e. The van der Waals surface area contributed by atoms with Crippen LogP contribution in [0, 0.1) is 6.92 Å². The van der Waals surface area contributed by atoms with Gasteiger partial charge in [-0.25, -0.2) is 4.98 Å². The smallest absolute Gasteiger partial charge is 0.244 e. The van der Waals surface area contributed by atoms with Crippen LogP contribution in [0.4, 0.5) is 0 Å². The van der Waals surface area contributed by atoms with Gasteiger partial charge in [0.05, 0.1) is 6.33 Å². The Morgan fingerprint density at radius 3 is 2.85 bits per heavy atom. The highest BCUT2D eigenvalue weighted by molar-refractivity contribution is 6.31. The Bertz CT molecular complexity index is 917. The number of imidazole rings is 1. The van der Waals surface area contributed by atoms with Crippen LogP contribution in [-0.2, 0) is 17.9 Å². The normalized spacial score (nSPS) is 11.0. The molecule has 26 heavy (non-hydrogen) atoms. The third-order valence-corrected chi connectivity index (χ3v) is 4.41. The van der Waals surface area contributed by atoms with E-state index in [9.17, 15) is 4.79 Å². The first-order valence-corrected chi connectivity index (χ1v) is 8.73. The number of amides is 1. The first kappa shape index (κ1) is 18.0. The van der Waals surface area contributed by atoms with Crippen molar-refractivity contribution in [1.82, 2.24) is 14.9 Å². The van der Waals surface area contributed by atoms with Gasteiger partial charge in [-0.2, -0.15) is 0 Å². The molecule has 0 aliphatic rings. The fourth-order valence-corrected chi connectivity index (χ4v) is 2.75. The van der Waals surface area contributed by atoms with Crippen molar-refractivity contribution in [2.45, 2.75) is 20.0 Å². The monoisotopic (exact) mass is 365 g/mol. The number of nitrogens with one attached hydrogen (secondary N) is 1. The van der Waals surface area contributed by atoms with Crippen LogP contribution in [0.5, 0.6) is 0 Å². The van der Waals surface area contributed by atoms with E-state index in [2.05, 4.69) is 22.4 Å². The molecule has 0 atom stereocenters. The molecule has 0 radical (unpaired) electrons. The summed E-state index contributed by atoms with van der Waals surface area (Å²) < 4.78 is 2.01. The predicted molar refractivity (Wildman–Crippen MR) is 105 cm³/mol. The Kier molecular flexibility index (Phi) is 5.87. The molecule has 0 saturated carbocycles. The number of hydrogen-bond acceptors (Lipinski definition) is 2. The maximum Gasteiger partial charge on any atom is 0.244 e. The summed E-state index contributed by atoms with van der Waals surface area (Å²) >= 11 is 6.10. The van der Waals surface area contributed by atoms with E-state index >= 15 is 0 Å². The molecule has 0 spiro atoms. The molecule has 1 amide bonds. The number of aryl methyl sites for hydroxylation is 1. The molecule has 0 fully saturated rings. The van der Waals surface area contributed by atoms with Crippen LogP contribution in [0.15, 0.2) is 67.3 Å². The number of carbonyl (C=O) groups excluding carboxylic acids is 1. The Balaban J connectivity index is 1.55. The summed E-state index contributed by atoms with van der Waals surface area (Å²) in [6, 6.07) is 13.9. The van der Waals surface area contributed by atoms with Crippen LogP contribution in [0.1, 0.15) is 22.3 Å². The second kappa shape index (κ2) is 8.50. The molecule has 4 nitrogen and oxygen atoms in total. The number of carbonyl (C=O) groups is 1. The van der Waals surface area contributed by atoms with Crippen LogP contribution < -0.4 is 5.32 Å². The molecule has 0 bridgehead atoms. The molecule has 1 N–H and O–H groups in total. The van der Waals surface area contributed by atoms with E-state index in [0.29, 0.717) is 11.6 Å². The van der Waals surface area contributed by atoms with Crippen LogP contribution in [0.3, 0.4) is 0 Å². The van der Waals surface area contributed by atoms with Crippen molar-refractivity contribution >= 4 is 23.6 Å². The minimum atomic E-state index is -0.137. The molecule has 5 heteroatoms. The van der Waals surface area contributed by atoms with Crippen LogP contribution in [0.25, 0.3) is 6.08 Å². The highest BCUT2D eigenvalue weighted by Gasteiger charge is 2.01. The first-order chi connectivity index (χ1) is 12.6. The quantitative estimate of drug-likeness (QED) is 0.665. The first-order valence-electron chi connectivity index (χ1n) is 8.36. The van der Waals surface area contributed by atoms with Gasteiger partial charge in [0.25, 0.3) is 0 Å². The van der Waals surface area contributed by atoms with Gasteiger partial charge >= 0.3 is 0 Å². The van der Waals surface area contributed by atoms with Crippen molar-refractivity contribution in [3.8, 4) is 0 Å². The Hall–Kier alpha value is -2.85. The predicted octanol–water partition coefficient (Wildman–Crippen LogP) is 4.22. The average Bonchev–Trinajstić information content (AvgIpc) is 3.14. The lowest BCUT2D eigenvalue weighted by Gasteiger charge is -2.07. The zero-order valence-electron chi connectivity index (χ0n) is 14.5. The summed E-state index contributed by atoms with van der Waals surface area (Å²) in [5, 5.41) is 3.60. The third kappa shape index (κ3) is 5.07. The Labute approximate surface area is 158 Å². The highest BCUT2D eigenvalue weighted by Crippen LogP contribution is 2.17. The van der Waals surface area contributed by atoms with Crippen molar-refractivity contribution in [3.63, 3.8) is 0 Å². The fraction of sp³-hybridized carbons (Fsp3) is 0.143. The second-order valence-corrected chi connectivity index (χ2v) is 6.52. The van der Waals surface area contributed by atoms with Gasteiger partial charge in [-0.3, -0.25) is 4.79 Å². The van der Waals surface area contributed by atoms with Gasteiger partial charge in [0.1, 0.15) is 0 Å². The van der Waals surface area contributed by atoms with Gasteiger partial charge in [0.15, 0.2) is 0 Å². The summed E-state index contributed by atoms with van der Waals surface area (Å²) in [5.74, 6) is -0.137. The molecule has 0 aliphatic carbocycles. The Morgan fingerprint density at radius 2 is 2.08 bits per heavy atom. The summed E-state index contributed by atoms with van der Waals surface area (Å²) in [5.41, 5.74) is 4.14. The number of aromatic nitrogens is 2. The molecule has 1 heterocycles. The lowest BCUT2D eigenvalue weighted by molar-refractivity contribution is -0.116. The Morgan fingerprint density at radius 1 is 1.23 bits per heavy atom. The molecule has 3 aromatic rings. The van der Waals surface area contributed by atoms with Gasteiger partial charge in [-0.05, 0) is 41.3 Å². The van der Waals surface area contributed by atoms with Crippen LogP contribution in [0.2, 0.25) is 5.02 Å². The SMILES string of the molecule is Cc1ccc(/C=C/C(=O)NCc2cccc(Cn3ccnc3)c2)cc1Cl. The summed E-state index contributed by atoms with van der Waals surface area (Å²) in [6.07, 6.45) is 8.76. The van der Waals surface area contributed by atoms with Crippen LogP contribution >= 0.6 is 11.6 Å². The third-order valence-electron chi connectivity index (χ3n) is 4.01. The van der Waals surface area contributed by atoms with E-state index < -0.39 is 0 Å². The molecular weight excluding hydrogens is 346 g/mol. The van der Waals surface area contributed by atoms with E-state index in [-0.39, 0.29) is 5.91 Å². The van der Waals surface area contributed by atoms with Crippen molar-refractivity contribution in [1.29, 1.82) is 0 Å². The lowest BCUT2D eigenvalue weighted by Crippen LogP contribution is -2.20. The van der Waals surface area contributed by atoms with Crippen LogP contribution in [-0.4, -0.2) is 15.5 Å². The number of hydrogen-bond donors (Lipinski definition) is 1. The van der Waals surface area contributed by atoms with Gasteiger partial charge in [-0.15, -0.1) is 0 Å². The molecule has 0 saturated heterocycles. The van der Waals surface area contributed by atoms with Crippen molar-refractivity contribution in [2.75, 3.05) is 0 Å². The lowest BCUT2D eigenvalue weighted by atomic mass is 10.1. The maximum absolute atomic E-state index is 12.0. The summed E-state index contributed by atoms with van der Waals surface area (Å²) in [7, 11) is 0. The molecule has 1 aromatic heterocycles. The van der Waals surface area contributed by atoms with Crippen molar-refractivity contribution < 1.29 is 4.79 Å². The van der Waals surface area contributed by atoms with Crippen molar-refractivity contribution in [3.05, 3.63) is 94.5 Å². The van der Waals surface area contributed by atoms with E-state index in [1.54, 1.807) is 18.6 Å². The zero-order chi connectivity index (χ0) is 18.4. The van der Waals surface area contributed by atoms with E-state index in [0.717, 1.165) is 23.2 Å². The molecule has 0 unspecified atom stereocenters. The number of rotatable bonds is 6. The number of nitrogens with zero attached hydrogens (tertiary/aromatic N) is 2. The largest absolute Gasteiger partial charge is 0.348 e. The number of halogens is 1. The van der Waals surface area contributed by atoms with Gasteiger partial charge in [0.2, 0.25) is 5.91 Å². The van der Waals surface area contributed by atoms with E-state index in [1.165, 1.54) is 11.6 Å². The zero-order valence-corrected chi connectivity index (χ0v) is 15.3. The molecule has 0 aliphatic heterocycles. The second-order valence-electron chi connectivity index (χ2n) is 6.11.